The van der Waals surface area contributed by atoms with Crippen LogP contribution in [0.25, 0.3) is 5.57 Å². The van der Waals surface area contributed by atoms with Crippen molar-refractivity contribution < 1.29 is 34.0 Å². The minimum atomic E-state index is -1.63. The molecule has 0 spiro atoms. The second kappa shape index (κ2) is 5.17. The SMILES string of the molecule is COC1=C(Cl)[C@@]2(C)OC(=O)c3c(O)cc(OC)cc3C2=C(O)C1=O. The van der Waals surface area contributed by atoms with Gasteiger partial charge in [-0.25, -0.2) is 4.79 Å². The third kappa shape index (κ3) is 1.91. The lowest BCUT2D eigenvalue weighted by molar-refractivity contribution is -0.118. The van der Waals surface area contributed by atoms with Crippen molar-refractivity contribution in [1.82, 2.24) is 0 Å². The van der Waals surface area contributed by atoms with Crippen molar-refractivity contribution in [1.29, 1.82) is 0 Å². The zero-order valence-electron chi connectivity index (χ0n) is 13.0. The minimum absolute atomic E-state index is 0.0397. The van der Waals surface area contributed by atoms with E-state index in [2.05, 4.69) is 0 Å². The van der Waals surface area contributed by atoms with Gasteiger partial charge in [0.05, 0.1) is 19.8 Å². The summed E-state index contributed by atoms with van der Waals surface area (Å²) in [7, 11) is 2.59. The topological polar surface area (TPSA) is 102 Å². The molecule has 0 bridgehead atoms. The molecule has 7 nitrogen and oxygen atoms in total. The summed E-state index contributed by atoms with van der Waals surface area (Å²) >= 11 is 6.22. The predicted molar refractivity (Wildman–Crippen MR) is 82.9 cm³/mol. The first kappa shape index (κ1) is 16.2. The number of aliphatic hydroxyl groups is 1. The fourth-order valence-electron chi connectivity index (χ4n) is 2.90. The van der Waals surface area contributed by atoms with Gasteiger partial charge in [0, 0.05) is 11.6 Å². The van der Waals surface area contributed by atoms with Crippen molar-refractivity contribution in [3.05, 3.63) is 39.8 Å². The number of fused-ring (bicyclic) bond motifs is 3. The van der Waals surface area contributed by atoms with E-state index in [1.54, 1.807) is 0 Å². The monoisotopic (exact) mass is 352 g/mol. The van der Waals surface area contributed by atoms with Crippen LogP contribution in [0, 0.1) is 0 Å². The fraction of sp³-hybridized carbons (Fsp3) is 0.250. The maximum Gasteiger partial charge on any atom is 0.343 e. The number of aliphatic hydroxyl groups excluding tert-OH is 1. The first-order valence-corrected chi connectivity index (χ1v) is 7.21. The number of phenolic OH excluding ortho intramolecular Hbond substituents is 1. The molecule has 126 valence electrons. The average Bonchev–Trinajstić information content (AvgIpc) is 2.52. The second-order valence-corrected chi connectivity index (χ2v) is 5.77. The molecule has 3 rings (SSSR count). The Morgan fingerprint density at radius 1 is 1.17 bits per heavy atom. The Labute approximate surface area is 141 Å². The molecule has 1 aliphatic heterocycles. The zero-order valence-corrected chi connectivity index (χ0v) is 13.7. The Hall–Kier alpha value is -2.67. The largest absolute Gasteiger partial charge is 0.507 e. The van der Waals surface area contributed by atoms with Gasteiger partial charge in [0.15, 0.2) is 17.1 Å². The van der Waals surface area contributed by atoms with E-state index >= 15 is 0 Å². The summed E-state index contributed by atoms with van der Waals surface area (Å²) < 4.78 is 15.3. The molecule has 0 amide bonds. The van der Waals surface area contributed by atoms with E-state index in [1.807, 2.05) is 0 Å². The maximum atomic E-state index is 12.4. The Morgan fingerprint density at radius 3 is 2.42 bits per heavy atom. The van der Waals surface area contributed by atoms with Crippen LogP contribution in [0.2, 0.25) is 0 Å². The van der Waals surface area contributed by atoms with Crippen molar-refractivity contribution in [2.75, 3.05) is 14.2 Å². The quantitative estimate of drug-likeness (QED) is 0.787. The number of ether oxygens (including phenoxy) is 3. The van der Waals surface area contributed by atoms with Gasteiger partial charge in [-0.05, 0) is 13.0 Å². The number of rotatable bonds is 2. The number of ketones is 1. The zero-order chi connectivity index (χ0) is 17.8. The molecule has 0 saturated carbocycles. The number of esters is 1. The summed E-state index contributed by atoms with van der Waals surface area (Å²) in [6.07, 6.45) is 0. The van der Waals surface area contributed by atoms with Gasteiger partial charge in [-0.15, -0.1) is 0 Å². The number of hydrogen-bond acceptors (Lipinski definition) is 7. The van der Waals surface area contributed by atoms with Crippen molar-refractivity contribution >= 4 is 28.9 Å². The maximum absolute atomic E-state index is 12.4. The Bertz CT molecular complexity index is 852. The first-order chi connectivity index (χ1) is 11.3. The number of methoxy groups -OCH3 is 2. The van der Waals surface area contributed by atoms with E-state index in [0.717, 1.165) is 0 Å². The third-order valence-corrected chi connectivity index (χ3v) is 4.59. The Kier molecular flexibility index (Phi) is 3.49. The summed E-state index contributed by atoms with van der Waals surface area (Å²) in [5, 5.41) is 20.3. The van der Waals surface area contributed by atoms with E-state index in [0.29, 0.717) is 0 Å². The number of aromatic hydroxyl groups is 1. The molecule has 2 N–H and O–H groups in total. The van der Waals surface area contributed by atoms with Crippen LogP contribution in [0.3, 0.4) is 0 Å². The van der Waals surface area contributed by atoms with Crippen LogP contribution in [-0.4, -0.2) is 41.8 Å². The molecule has 0 saturated heterocycles. The van der Waals surface area contributed by atoms with Crippen LogP contribution in [0.5, 0.6) is 11.5 Å². The molecule has 0 radical (unpaired) electrons. The van der Waals surface area contributed by atoms with Gasteiger partial charge in [-0.2, -0.15) is 0 Å². The van der Waals surface area contributed by atoms with Crippen LogP contribution in [-0.2, 0) is 14.3 Å². The van der Waals surface area contributed by atoms with Gasteiger partial charge in [0.25, 0.3) is 5.78 Å². The summed E-state index contributed by atoms with van der Waals surface area (Å²) in [5.41, 5.74) is -1.76. The van der Waals surface area contributed by atoms with Crippen LogP contribution in [0.4, 0.5) is 0 Å². The molecule has 1 atom stereocenters. The highest BCUT2D eigenvalue weighted by Crippen LogP contribution is 2.51. The van der Waals surface area contributed by atoms with Crippen LogP contribution in [0.1, 0.15) is 22.8 Å². The standard InChI is InChI=1S/C16H13ClO7/c1-16-10(11(19)12(20)13(23-3)14(16)17)7-4-6(22-2)5-8(18)9(7)15(21)24-16/h4-5,18-19H,1-3H3/t16-/m0/s1. The van der Waals surface area contributed by atoms with Crippen molar-refractivity contribution in [2.24, 2.45) is 0 Å². The molecule has 2 aliphatic rings. The van der Waals surface area contributed by atoms with Crippen LogP contribution in [0.15, 0.2) is 28.7 Å². The molecule has 24 heavy (non-hydrogen) atoms. The Balaban J connectivity index is 2.40. The second-order valence-electron chi connectivity index (χ2n) is 5.39. The molecular weight excluding hydrogens is 340 g/mol. The number of Topliss-reactive ketones (excluding diaryl/α,β-unsaturated/α-hetero) is 1. The van der Waals surface area contributed by atoms with E-state index in [-0.39, 0.29) is 33.2 Å². The van der Waals surface area contributed by atoms with E-state index in [1.165, 1.54) is 33.3 Å². The van der Waals surface area contributed by atoms with Crippen molar-refractivity contribution in [3.8, 4) is 11.5 Å². The van der Waals surface area contributed by atoms with Gasteiger partial charge < -0.3 is 24.4 Å². The highest BCUT2D eigenvalue weighted by Gasteiger charge is 2.53. The highest BCUT2D eigenvalue weighted by atomic mass is 35.5. The molecular formula is C16H13ClO7. The van der Waals surface area contributed by atoms with E-state index < -0.39 is 28.9 Å². The van der Waals surface area contributed by atoms with Crippen molar-refractivity contribution in [2.45, 2.75) is 12.5 Å². The first-order valence-electron chi connectivity index (χ1n) is 6.83. The number of halogens is 1. The average molecular weight is 353 g/mol. The molecule has 1 aromatic rings. The molecule has 0 unspecified atom stereocenters. The van der Waals surface area contributed by atoms with Crippen LogP contribution >= 0.6 is 11.6 Å². The summed E-state index contributed by atoms with van der Waals surface area (Å²) in [5.74, 6) is -2.87. The number of carbonyl (C=O) groups excluding carboxylic acids is 2. The number of carbonyl (C=O) groups is 2. The van der Waals surface area contributed by atoms with Gasteiger partial charge in [0.2, 0.25) is 0 Å². The third-order valence-electron chi connectivity index (χ3n) is 4.05. The lowest BCUT2D eigenvalue weighted by Gasteiger charge is -2.39. The Morgan fingerprint density at radius 2 is 1.83 bits per heavy atom. The summed E-state index contributed by atoms with van der Waals surface area (Å²) in [4.78, 5) is 24.6. The van der Waals surface area contributed by atoms with Gasteiger partial charge in [0.1, 0.15) is 22.1 Å². The van der Waals surface area contributed by atoms with E-state index in [9.17, 15) is 19.8 Å². The summed E-state index contributed by atoms with van der Waals surface area (Å²) in [6, 6.07) is 2.64. The summed E-state index contributed by atoms with van der Waals surface area (Å²) in [6.45, 7) is 1.42. The molecule has 1 aliphatic carbocycles. The van der Waals surface area contributed by atoms with Gasteiger partial charge in [-0.3, -0.25) is 4.79 Å². The van der Waals surface area contributed by atoms with Gasteiger partial charge >= 0.3 is 5.97 Å². The van der Waals surface area contributed by atoms with E-state index in [4.69, 9.17) is 25.8 Å². The predicted octanol–water partition coefficient (Wildman–Crippen LogP) is 2.28. The fourth-order valence-corrected chi connectivity index (χ4v) is 3.20. The highest BCUT2D eigenvalue weighted by molar-refractivity contribution is 6.37. The lowest BCUT2D eigenvalue weighted by Crippen LogP contribution is -2.43. The van der Waals surface area contributed by atoms with Gasteiger partial charge in [-0.1, -0.05) is 11.6 Å². The molecule has 8 heteroatoms. The number of phenols is 1. The molecule has 0 aromatic heterocycles. The molecule has 1 heterocycles. The lowest BCUT2D eigenvalue weighted by atomic mass is 9.78. The normalized spacial score (nSPS) is 22.8. The molecule has 0 fully saturated rings. The number of benzene rings is 1. The van der Waals surface area contributed by atoms with Crippen molar-refractivity contribution in [3.63, 3.8) is 0 Å². The smallest absolute Gasteiger partial charge is 0.343 e. The minimum Gasteiger partial charge on any atom is -0.507 e. The molecule has 1 aromatic carbocycles. The number of hydrogen-bond donors (Lipinski definition) is 2. The van der Waals surface area contributed by atoms with Crippen LogP contribution < -0.4 is 4.74 Å².